The van der Waals surface area contributed by atoms with E-state index in [0.717, 1.165) is 35.5 Å². The summed E-state index contributed by atoms with van der Waals surface area (Å²) in [4.78, 5) is 30.5. The van der Waals surface area contributed by atoms with E-state index < -0.39 is 17.5 Å². The molecule has 1 amide bonds. The van der Waals surface area contributed by atoms with Crippen molar-refractivity contribution < 1.29 is 18.4 Å². The third-order valence-corrected chi connectivity index (χ3v) is 6.80. The van der Waals surface area contributed by atoms with E-state index in [9.17, 15) is 18.4 Å². The molecule has 0 spiro atoms. The first kappa shape index (κ1) is 20.0. The van der Waals surface area contributed by atoms with Crippen LogP contribution in [0, 0.1) is 17.0 Å². The van der Waals surface area contributed by atoms with Crippen LogP contribution in [0.3, 0.4) is 0 Å². The summed E-state index contributed by atoms with van der Waals surface area (Å²) in [5.41, 5.74) is 2.82. The van der Waals surface area contributed by atoms with Crippen LogP contribution in [-0.2, 0) is 19.3 Å². The lowest BCUT2D eigenvalue weighted by Crippen LogP contribution is -2.26. The molecule has 2 aliphatic rings. The molecule has 0 unspecified atom stereocenters. The number of nitrogens with zero attached hydrogens (tertiary/aromatic N) is 3. The van der Waals surface area contributed by atoms with Gasteiger partial charge in [-0.3, -0.25) is 14.9 Å². The average molecular weight is 442 g/mol. The lowest BCUT2D eigenvalue weighted by molar-refractivity contribution is 0.0915. The lowest BCUT2D eigenvalue weighted by atomic mass is 9.78. The highest BCUT2D eigenvalue weighted by Crippen LogP contribution is 2.38. The summed E-state index contributed by atoms with van der Waals surface area (Å²) in [7, 11) is 0. The van der Waals surface area contributed by atoms with Gasteiger partial charge in [0.25, 0.3) is 5.91 Å². The number of thiazole rings is 1. The summed E-state index contributed by atoms with van der Waals surface area (Å²) in [5.74, 6) is -2.27. The predicted molar refractivity (Wildman–Crippen MR) is 112 cm³/mol. The van der Waals surface area contributed by atoms with Crippen LogP contribution >= 0.6 is 11.3 Å². The SMILES string of the molecule is CC1(C)CC(=O)c2sc(NC(=O)c3nn(-c4ccc(F)c(F)c4)c4c3CCC4)nc2C1. The molecule has 5 rings (SSSR count). The molecule has 1 N–H and O–H groups in total. The van der Waals surface area contributed by atoms with E-state index >= 15 is 0 Å². The quantitative estimate of drug-likeness (QED) is 0.648. The van der Waals surface area contributed by atoms with Crippen LogP contribution in [-0.4, -0.2) is 26.5 Å². The fourth-order valence-corrected chi connectivity index (χ4v) is 5.29. The van der Waals surface area contributed by atoms with Crippen LogP contribution in [0.15, 0.2) is 18.2 Å². The molecule has 0 aliphatic heterocycles. The number of rotatable bonds is 3. The van der Waals surface area contributed by atoms with Crippen molar-refractivity contribution in [3.8, 4) is 5.69 Å². The highest BCUT2D eigenvalue weighted by Gasteiger charge is 2.34. The van der Waals surface area contributed by atoms with Crippen LogP contribution in [0.5, 0.6) is 0 Å². The highest BCUT2D eigenvalue weighted by molar-refractivity contribution is 7.17. The van der Waals surface area contributed by atoms with Crippen molar-refractivity contribution >= 4 is 28.2 Å². The molecule has 2 aliphatic carbocycles. The minimum absolute atomic E-state index is 0.0488. The van der Waals surface area contributed by atoms with Crippen molar-refractivity contribution in [3.05, 3.63) is 57.4 Å². The van der Waals surface area contributed by atoms with E-state index in [2.05, 4.69) is 15.4 Å². The van der Waals surface area contributed by atoms with Gasteiger partial charge in [-0.2, -0.15) is 5.10 Å². The number of halogens is 2. The number of ketones is 1. The molecule has 2 heterocycles. The molecule has 9 heteroatoms. The molecule has 3 aromatic rings. The maximum atomic E-state index is 13.7. The second-order valence-electron chi connectivity index (χ2n) is 8.83. The molecular weight excluding hydrogens is 422 g/mol. The summed E-state index contributed by atoms with van der Waals surface area (Å²) >= 11 is 1.19. The average Bonchev–Trinajstić information content (AvgIpc) is 3.38. The lowest BCUT2D eigenvalue weighted by Gasteiger charge is -2.26. The Balaban J connectivity index is 1.46. The standard InChI is InChI=1S/C22H20F2N4O2S/c1-22(2)9-15-19(17(29)10-22)31-21(25-15)26-20(30)18-12-4-3-5-16(12)28(27-18)11-6-7-13(23)14(24)8-11/h6-8H,3-5,9-10H2,1-2H3,(H,25,26,30). The van der Waals surface area contributed by atoms with Gasteiger partial charge in [0, 0.05) is 23.7 Å². The Kier molecular flexibility index (Phi) is 4.55. The number of fused-ring (bicyclic) bond motifs is 2. The molecule has 31 heavy (non-hydrogen) atoms. The Labute approximate surface area is 181 Å². The monoisotopic (exact) mass is 442 g/mol. The number of hydrogen-bond acceptors (Lipinski definition) is 5. The van der Waals surface area contributed by atoms with Crippen molar-refractivity contribution in [2.24, 2.45) is 5.41 Å². The first-order chi connectivity index (χ1) is 14.7. The normalized spacial score (nSPS) is 16.8. The first-order valence-corrected chi connectivity index (χ1v) is 10.9. The second-order valence-corrected chi connectivity index (χ2v) is 9.83. The molecule has 1 aromatic carbocycles. The van der Waals surface area contributed by atoms with E-state index in [1.165, 1.54) is 22.1 Å². The molecule has 0 fully saturated rings. The first-order valence-electron chi connectivity index (χ1n) is 10.1. The van der Waals surface area contributed by atoms with Gasteiger partial charge in [0.1, 0.15) is 0 Å². The number of amides is 1. The summed E-state index contributed by atoms with van der Waals surface area (Å²) in [6, 6.07) is 3.56. The van der Waals surface area contributed by atoms with Gasteiger partial charge in [-0.25, -0.2) is 18.4 Å². The zero-order chi connectivity index (χ0) is 21.9. The Morgan fingerprint density at radius 1 is 1.19 bits per heavy atom. The number of aromatic nitrogens is 3. The zero-order valence-electron chi connectivity index (χ0n) is 17.1. The number of Topliss-reactive ketones (excluding diaryl/α,β-unsaturated/α-hetero) is 1. The van der Waals surface area contributed by atoms with Gasteiger partial charge in [0.15, 0.2) is 28.2 Å². The number of carbonyl (C=O) groups excluding carboxylic acids is 2. The number of hydrogen-bond donors (Lipinski definition) is 1. The molecule has 0 bridgehead atoms. The fourth-order valence-electron chi connectivity index (χ4n) is 4.38. The number of carbonyl (C=O) groups is 2. The van der Waals surface area contributed by atoms with Crippen molar-refractivity contribution in [3.63, 3.8) is 0 Å². The Morgan fingerprint density at radius 3 is 2.77 bits per heavy atom. The van der Waals surface area contributed by atoms with E-state index in [-0.39, 0.29) is 16.9 Å². The Morgan fingerprint density at radius 2 is 2.00 bits per heavy atom. The van der Waals surface area contributed by atoms with Crippen LogP contribution in [0.1, 0.15) is 63.8 Å². The molecule has 2 aromatic heterocycles. The molecule has 6 nitrogen and oxygen atoms in total. The third kappa shape index (κ3) is 3.46. The van der Waals surface area contributed by atoms with Crippen LogP contribution in [0.25, 0.3) is 5.69 Å². The highest BCUT2D eigenvalue weighted by atomic mass is 32.1. The Bertz CT molecular complexity index is 1240. The van der Waals surface area contributed by atoms with Gasteiger partial charge in [-0.05, 0) is 43.2 Å². The van der Waals surface area contributed by atoms with Crippen LogP contribution in [0.2, 0.25) is 0 Å². The minimum atomic E-state index is -0.966. The predicted octanol–water partition coefficient (Wildman–Crippen LogP) is 4.50. The Hall–Kier alpha value is -2.94. The molecule has 0 atom stereocenters. The number of anilines is 1. The number of nitrogens with one attached hydrogen (secondary N) is 1. The van der Waals surface area contributed by atoms with Crippen LogP contribution in [0.4, 0.5) is 13.9 Å². The van der Waals surface area contributed by atoms with Gasteiger partial charge < -0.3 is 0 Å². The molecular formula is C22H20F2N4O2S. The number of benzene rings is 1. The summed E-state index contributed by atoms with van der Waals surface area (Å²) in [6.07, 6.45) is 3.38. The summed E-state index contributed by atoms with van der Waals surface area (Å²) < 4.78 is 28.6. The van der Waals surface area contributed by atoms with Crippen molar-refractivity contribution in [1.82, 2.24) is 14.8 Å². The van der Waals surface area contributed by atoms with Gasteiger partial charge in [0.05, 0.1) is 16.3 Å². The second kappa shape index (κ2) is 7.05. The largest absolute Gasteiger partial charge is 0.296 e. The van der Waals surface area contributed by atoms with Crippen molar-refractivity contribution in [1.29, 1.82) is 0 Å². The molecule has 160 valence electrons. The van der Waals surface area contributed by atoms with E-state index in [4.69, 9.17) is 0 Å². The van der Waals surface area contributed by atoms with Gasteiger partial charge in [0.2, 0.25) is 0 Å². The fraction of sp³-hybridized carbons (Fsp3) is 0.364. The molecule has 0 saturated carbocycles. The van der Waals surface area contributed by atoms with E-state index in [1.54, 1.807) is 0 Å². The topological polar surface area (TPSA) is 76.9 Å². The minimum Gasteiger partial charge on any atom is -0.296 e. The van der Waals surface area contributed by atoms with Crippen LogP contribution < -0.4 is 5.32 Å². The van der Waals surface area contributed by atoms with Crippen molar-refractivity contribution in [2.75, 3.05) is 5.32 Å². The van der Waals surface area contributed by atoms with E-state index in [1.807, 2.05) is 13.8 Å². The van der Waals surface area contributed by atoms with Crippen molar-refractivity contribution in [2.45, 2.75) is 46.0 Å². The molecule has 0 radical (unpaired) electrons. The van der Waals surface area contributed by atoms with Gasteiger partial charge in [-0.15, -0.1) is 0 Å². The molecule has 0 saturated heterocycles. The smallest absolute Gasteiger partial charge is 0.278 e. The van der Waals surface area contributed by atoms with Gasteiger partial charge >= 0.3 is 0 Å². The summed E-state index contributed by atoms with van der Waals surface area (Å²) in [5, 5.41) is 7.57. The maximum absolute atomic E-state index is 13.7. The summed E-state index contributed by atoms with van der Waals surface area (Å²) in [6.45, 7) is 4.05. The van der Waals surface area contributed by atoms with Gasteiger partial charge in [-0.1, -0.05) is 25.2 Å². The third-order valence-electron chi connectivity index (χ3n) is 5.75. The van der Waals surface area contributed by atoms with E-state index in [0.29, 0.717) is 41.4 Å². The maximum Gasteiger partial charge on any atom is 0.278 e. The zero-order valence-corrected chi connectivity index (χ0v) is 17.9.